The predicted molar refractivity (Wildman–Crippen MR) is 83.0 cm³/mol. The number of benzene rings is 1. The minimum absolute atomic E-state index is 0.450. The first-order valence-electron chi connectivity index (χ1n) is 7.71. The molecule has 1 heterocycles. The highest BCUT2D eigenvalue weighted by molar-refractivity contribution is 5.31. The summed E-state index contributed by atoms with van der Waals surface area (Å²) in [5.74, 6) is 2.21. The molecule has 2 N–H and O–H groups in total. The number of nitrogens with two attached hydrogens (primary N) is 1. The van der Waals surface area contributed by atoms with Crippen LogP contribution in [0.2, 0.25) is 0 Å². The van der Waals surface area contributed by atoms with Crippen LogP contribution in [0.1, 0.15) is 36.6 Å². The molecule has 118 valence electrons. The number of aromatic nitrogens is 3. The molecule has 1 aromatic carbocycles. The zero-order chi connectivity index (χ0) is 15.4. The van der Waals surface area contributed by atoms with Gasteiger partial charge in [0.15, 0.2) is 0 Å². The molecule has 0 radical (unpaired) electrons. The second kappa shape index (κ2) is 6.79. The van der Waals surface area contributed by atoms with E-state index in [-0.39, 0.29) is 0 Å². The fraction of sp³-hybridized carbons (Fsp3) is 0.500. The molecule has 1 saturated carbocycles. The molecule has 0 aliphatic heterocycles. The third kappa shape index (κ3) is 3.06. The van der Waals surface area contributed by atoms with E-state index in [0.29, 0.717) is 25.6 Å². The Labute approximate surface area is 130 Å². The summed E-state index contributed by atoms with van der Waals surface area (Å²) in [6.45, 7) is 1.69. The molecule has 1 aliphatic rings. The molecule has 6 nitrogen and oxygen atoms in total. The monoisotopic (exact) mass is 302 g/mol. The quantitative estimate of drug-likeness (QED) is 0.847. The molecular weight excluding hydrogens is 280 g/mol. The molecule has 1 aliphatic carbocycles. The Morgan fingerprint density at radius 3 is 2.55 bits per heavy atom. The minimum Gasteiger partial charge on any atom is -0.497 e. The van der Waals surface area contributed by atoms with E-state index < -0.39 is 0 Å². The van der Waals surface area contributed by atoms with Gasteiger partial charge in [-0.25, -0.2) is 4.68 Å². The summed E-state index contributed by atoms with van der Waals surface area (Å²) in [6, 6.07) is 7.57. The minimum atomic E-state index is 0.450. The van der Waals surface area contributed by atoms with Crippen molar-refractivity contribution in [1.82, 2.24) is 15.0 Å². The van der Waals surface area contributed by atoms with E-state index >= 15 is 0 Å². The zero-order valence-electron chi connectivity index (χ0n) is 12.9. The average molecular weight is 302 g/mol. The number of rotatable bonds is 7. The van der Waals surface area contributed by atoms with Gasteiger partial charge in [-0.15, -0.1) is 5.10 Å². The van der Waals surface area contributed by atoms with Crippen LogP contribution in [0, 0.1) is 0 Å². The van der Waals surface area contributed by atoms with Crippen molar-refractivity contribution in [3.05, 3.63) is 35.7 Å². The molecule has 6 heteroatoms. The van der Waals surface area contributed by atoms with Crippen molar-refractivity contribution in [2.75, 3.05) is 13.7 Å². The summed E-state index contributed by atoms with van der Waals surface area (Å²) in [7, 11) is 1.65. The predicted octanol–water partition coefficient (Wildman–Crippen LogP) is 2.09. The molecule has 0 amide bonds. The van der Waals surface area contributed by atoms with Crippen molar-refractivity contribution in [1.29, 1.82) is 0 Å². The average Bonchev–Trinajstić information content (AvgIpc) is 2.89. The van der Waals surface area contributed by atoms with E-state index in [4.69, 9.17) is 15.2 Å². The van der Waals surface area contributed by atoms with Crippen molar-refractivity contribution in [2.24, 2.45) is 5.73 Å². The summed E-state index contributed by atoms with van der Waals surface area (Å²) in [4.78, 5) is 0. The Morgan fingerprint density at radius 1 is 1.23 bits per heavy atom. The third-order valence-corrected chi connectivity index (χ3v) is 4.16. The summed E-state index contributed by atoms with van der Waals surface area (Å²) in [5.41, 5.74) is 7.89. The van der Waals surface area contributed by atoms with Crippen LogP contribution in [0.4, 0.5) is 0 Å². The maximum absolute atomic E-state index is 5.77. The summed E-state index contributed by atoms with van der Waals surface area (Å²) in [5, 5.41) is 8.44. The van der Waals surface area contributed by atoms with Crippen LogP contribution in [0.3, 0.4) is 0 Å². The highest BCUT2D eigenvalue weighted by atomic mass is 16.5. The van der Waals surface area contributed by atoms with Gasteiger partial charge in [0.2, 0.25) is 0 Å². The van der Waals surface area contributed by atoms with Crippen molar-refractivity contribution in [2.45, 2.75) is 38.3 Å². The van der Waals surface area contributed by atoms with E-state index in [1.807, 2.05) is 28.9 Å². The first kappa shape index (κ1) is 14.8. The summed E-state index contributed by atoms with van der Waals surface area (Å²) >= 11 is 0. The van der Waals surface area contributed by atoms with E-state index in [9.17, 15) is 0 Å². The lowest BCUT2D eigenvalue weighted by Crippen LogP contribution is -2.20. The van der Waals surface area contributed by atoms with Gasteiger partial charge in [0.05, 0.1) is 25.0 Å². The third-order valence-electron chi connectivity index (χ3n) is 4.16. The fourth-order valence-electron chi connectivity index (χ4n) is 2.72. The highest BCUT2D eigenvalue weighted by Gasteiger charge is 2.26. The molecular formula is C16H22N4O2. The number of hydrogen-bond donors (Lipinski definition) is 1. The SMILES string of the molecule is COc1ccc(OCCn2nnc(CN)c2C2CCC2)cc1. The van der Waals surface area contributed by atoms with Gasteiger partial charge in [-0.2, -0.15) is 0 Å². The van der Waals surface area contributed by atoms with E-state index in [1.165, 1.54) is 25.0 Å². The second-order valence-corrected chi connectivity index (χ2v) is 5.50. The van der Waals surface area contributed by atoms with Gasteiger partial charge in [0, 0.05) is 12.5 Å². The molecule has 1 aromatic heterocycles. The summed E-state index contributed by atoms with van der Waals surface area (Å²) < 4.78 is 12.8. The van der Waals surface area contributed by atoms with Crippen molar-refractivity contribution in [3.8, 4) is 11.5 Å². The molecule has 22 heavy (non-hydrogen) atoms. The van der Waals surface area contributed by atoms with Gasteiger partial charge in [0.1, 0.15) is 18.1 Å². The van der Waals surface area contributed by atoms with Crippen molar-refractivity contribution in [3.63, 3.8) is 0 Å². The van der Waals surface area contributed by atoms with Crippen LogP contribution in [0.25, 0.3) is 0 Å². The molecule has 2 aromatic rings. The van der Waals surface area contributed by atoms with Crippen LogP contribution < -0.4 is 15.2 Å². The van der Waals surface area contributed by atoms with Gasteiger partial charge < -0.3 is 15.2 Å². The van der Waals surface area contributed by atoms with Crippen molar-refractivity contribution >= 4 is 0 Å². The molecule has 0 atom stereocenters. The first-order chi connectivity index (χ1) is 10.8. The smallest absolute Gasteiger partial charge is 0.119 e. The Balaban J connectivity index is 1.60. The largest absolute Gasteiger partial charge is 0.497 e. The fourth-order valence-corrected chi connectivity index (χ4v) is 2.72. The van der Waals surface area contributed by atoms with Crippen LogP contribution in [0.5, 0.6) is 11.5 Å². The lowest BCUT2D eigenvalue weighted by atomic mass is 9.82. The van der Waals surface area contributed by atoms with Gasteiger partial charge in [-0.1, -0.05) is 11.6 Å². The lowest BCUT2D eigenvalue weighted by molar-refractivity contribution is 0.280. The molecule has 0 saturated heterocycles. The number of nitrogens with zero attached hydrogens (tertiary/aromatic N) is 3. The van der Waals surface area contributed by atoms with Crippen LogP contribution in [-0.2, 0) is 13.1 Å². The Morgan fingerprint density at radius 2 is 1.95 bits per heavy atom. The lowest BCUT2D eigenvalue weighted by Gasteiger charge is -2.26. The van der Waals surface area contributed by atoms with Crippen LogP contribution in [0.15, 0.2) is 24.3 Å². The maximum Gasteiger partial charge on any atom is 0.119 e. The first-order valence-corrected chi connectivity index (χ1v) is 7.71. The second-order valence-electron chi connectivity index (χ2n) is 5.50. The maximum atomic E-state index is 5.77. The molecule has 1 fully saturated rings. The standard InChI is InChI=1S/C16H22N4O2/c1-21-13-5-7-14(8-6-13)22-10-9-20-16(12-3-2-4-12)15(11-17)18-19-20/h5-8,12H,2-4,9-11,17H2,1H3. The van der Waals surface area contributed by atoms with Gasteiger partial charge in [-0.05, 0) is 37.1 Å². The Kier molecular flexibility index (Phi) is 4.58. The number of hydrogen-bond acceptors (Lipinski definition) is 5. The van der Waals surface area contributed by atoms with Crippen molar-refractivity contribution < 1.29 is 9.47 Å². The molecule has 3 rings (SSSR count). The van der Waals surface area contributed by atoms with E-state index in [0.717, 1.165) is 17.2 Å². The molecule has 0 bridgehead atoms. The van der Waals surface area contributed by atoms with Crippen LogP contribution >= 0.6 is 0 Å². The Bertz CT molecular complexity index is 605. The Hall–Kier alpha value is -2.08. The number of methoxy groups -OCH3 is 1. The summed E-state index contributed by atoms with van der Waals surface area (Å²) in [6.07, 6.45) is 3.70. The normalized spacial score (nSPS) is 14.6. The van der Waals surface area contributed by atoms with E-state index in [1.54, 1.807) is 7.11 Å². The highest BCUT2D eigenvalue weighted by Crippen LogP contribution is 2.37. The number of ether oxygens (including phenoxy) is 2. The van der Waals surface area contributed by atoms with Gasteiger partial charge in [-0.3, -0.25) is 0 Å². The molecule has 0 spiro atoms. The molecule has 0 unspecified atom stereocenters. The van der Waals surface area contributed by atoms with Gasteiger partial charge in [0.25, 0.3) is 0 Å². The zero-order valence-corrected chi connectivity index (χ0v) is 12.9. The van der Waals surface area contributed by atoms with Gasteiger partial charge >= 0.3 is 0 Å². The van der Waals surface area contributed by atoms with E-state index in [2.05, 4.69) is 10.3 Å². The van der Waals surface area contributed by atoms with Crippen LogP contribution in [-0.4, -0.2) is 28.7 Å². The topological polar surface area (TPSA) is 75.2 Å².